The number of amides is 2. The fourth-order valence-electron chi connectivity index (χ4n) is 1.79. The standard InChI is InChI=1S/C11H10ClFN2O4S/c1-6-11(17)14-10(16)5-15(6)20(18,19)9-3-2-7(12)4-8(9)13/h2-4,6H,5H2,1H3,(H,14,16,17). The molecule has 0 bridgehead atoms. The van der Waals surface area contributed by atoms with Crippen LogP contribution in [0, 0.1) is 5.82 Å². The van der Waals surface area contributed by atoms with Crippen molar-refractivity contribution >= 4 is 33.4 Å². The second kappa shape index (κ2) is 5.12. The quantitative estimate of drug-likeness (QED) is 0.805. The monoisotopic (exact) mass is 320 g/mol. The Morgan fingerprint density at radius 1 is 1.40 bits per heavy atom. The molecule has 1 saturated heterocycles. The van der Waals surface area contributed by atoms with Crippen LogP contribution in [0.4, 0.5) is 4.39 Å². The van der Waals surface area contributed by atoms with Crippen LogP contribution >= 0.6 is 11.6 Å². The van der Waals surface area contributed by atoms with Crippen molar-refractivity contribution in [3.63, 3.8) is 0 Å². The fourth-order valence-corrected chi connectivity index (χ4v) is 3.55. The summed E-state index contributed by atoms with van der Waals surface area (Å²) in [4.78, 5) is 22.1. The molecule has 0 saturated carbocycles. The smallest absolute Gasteiger partial charge is 0.247 e. The number of imide groups is 1. The molecule has 1 N–H and O–H groups in total. The molecule has 1 aromatic rings. The van der Waals surface area contributed by atoms with Crippen LogP contribution in [0.5, 0.6) is 0 Å². The predicted molar refractivity (Wildman–Crippen MR) is 67.9 cm³/mol. The zero-order chi connectivity index (χ0) is 15.1. The number of benzene rings is 1. The normalized spacial score (nSPS) is 20.9. The van der Waals surface area contributed by atoms with E-state index in [-0.39, 0.29) is 5.02 Å². The Bertz CT molecular complexity index is 692. The molecule has 0 radical (unpaired) electrons. The van der Waals surface area contributed by atoms with Gasteiger partial charge in [-0.1, -0.05) is 11.6 Å². The molecule has 2 amide bonds. The Balaban J connectivity index is 2.48. The second-order valence-corrected chi connectivity index (χ2v) is 6.51. The summed E-state index contributed by atoms with van der Waals surface area (Å²) in [7, 11) is -4.31. The highest BCUT2D eigenvalue weighted by Gasteiger charge is 2.39. The Kier molecular flexibility index (Phi) is 3.81. The first-order chi connectivity index (χ1) is 9.23. The zero-order valence-electron chi connectivity index (χ0n) is 10.3. The summed E-state index contributed by atoms with van der Waals surface area (Å²) in [6.45, 7) is 0.768. The van der Waals surface area contributed by atoms with Crippen molar-refractivity contribution in [1.82, 2.24) is 9.62 Å². The molecule has 108 valence electrons. The van der Waals surface area contributed by atoms with Gasteiger partial charge in [0.1, 0.15) is 16.8 Å². The number of nitrogens with zero attached hydrogens (tertiary/aromatic N) is 1. The Morgan fingerprint density at radius 2 is 2.05 bits per heavy atom. The van der Waals surface area contributed by atoms with E-state index in [4.69, 9.17) is 11.6 Å². The number of piperazine rings is 1. The average Bonchev–Trinajstić information content (AvgIpc) is 2.33. The lowest BCUT2D eigenvalue weighted by molar-refractivity contribution is -0.136. The maximum Gasteiger partial charge on any atom is 0.247 e. The third-order valence-corrected chi connectivity index (χ3v) is 5.04. The fraction of sp³-hybridized carbons (Fsp3) is 0.273. The molecular weight excluding hydrogens is 311 g/mol. The molecule has 1 fully saturated rings. The maximum atomic E-state index is 13.7. The van der Waals surface area contributed by atoms with Crippen LogP contribution in [0.2, 0.25) is 5.02 Å². The van der Waals surface area contributed by atoms with Crippen LogP contribution in [0.25, 0.3) is 0 Å². The molecule has 20 heavy (non-hydrogen) atoms. The van der Waals surface area contributed by atoms with Gasteiger partial charge < -0.3 is 0 Å². The molecule has 6 nitrogen and oxygen atoms in total. The van der Waals surface area contributed by atoms with Crippen molar-refractivity contribution in [2.75, 3.05) is 6.54 Å². The van der Waals surface area contributed by atoms with Gasteiger partial charge in [0.15, 0.2) is 0 Å². The Morgan fingerprint density at radius 3 is 2.65 bits per heavy atom. The minimum atomic E-state index is -4.31. The number of halogens is 2. The van der Waals surface area contributed by atoms with E-state index in [0.717, 1.165) is 12.1 Å². The van der Waals surface area contributed by atoms with Gasteiger partial charge >= 0.3 is 0 Å². The van der Waals surface area contributed by atoms with E-state index < -0.39 is 45.1 Å². The van der Waals surface area contributed by atoms with Gasteiger partial charge in [0.2, 0.25) is 21.8 Å². The van der Waals surface area contributed by atoms with Crippen LogP contribution in [-0.2, 0) is 19.6 Å². The molecule has 0 aromatic heterocycles. The lowest BCUT2D eigenvalue weighted by atomic mass is 10.2. The highest BCUT2D eigenvalue weighted by Crippen LogP contribution is 2.24. The lowest BCUT2D eigenvalue weighted by Gasteiger charge is -2.30. The lowest BCUT2D eigenvalue weighted by Crippen LogP contribution is -2.58. The largest absolute Gasteiger partial charge is 0.294 e. The third kappa shape index (κ3) is 2.54. The van der Waals surface area contributed by atoms with E-state index in [2.05, 4.69) is 0 Å². The minimum Gasteiger partial charge on any atom is -0.294 e. The van der Waals surface area contributed by atoms with Crippen LogP contribution in [0.1, 0.15) is 6.92 Å². The molecule has 1 aliphatic rings. The Labute approximate surface area is 119 Å². The molecule has 2 rings (SSSR count). The van der Waals surface area contributed by atoms with Crippen molar-refractivity contribution in [3.05, 3.63) is 29.0 Å². The van der Waals surface area contributed by atoms with Gasteiger partial charge in [-0.25, -0.2) is 12.8 Å². The highest BCUT2D eigenvalue weighted by molar-refractivity contribution is 7.89. The van der Waals surface area contributed by atoms with E-state index in [0.29, 0.717) is 4.31 Å². The number of carbonyl (C=O) groups is 2. The van der Waals surface area contributed by atoms with Crippen LogP contribution in [0.3, 0.4) is 0 Å². The van der Waals surface area contributed by atoms with Crippen LogP contribution in [-0.4, -0.2) is 37.1 Å². The molecule has 1 atom stereocenters. The summed E-state index contributed by atoms with van der Waals surface area (Å²) in [5.74, 6) is -2.55. The average molecular weight is 321 g/mol. The molecule has 9 heteroatoms. The summed E-state index contributed by atoms with van der Waals surface area (Å²) in [6.07, 6.45) is 0. The molecule has 0 aliphatic carbocycles. The summed E-state index contributed by atoms with van der Waals surface area (Å²) in [5, 5.41) is 2.05. The number of hydrogen-bond donors (Lipinski definition) is 1. The number of nitrogens with one attached hydrogen (secondary N) is 1. The molecule has 0 spiro atoms. The molecule has 1 heterocycles. The topological polar surface area (TPSA) is 83.6 Å². The van der Waals surface area contributed by atoms with Crippen molar-refractivity contribution < 1.29 is 22.4 Å². The number of carbonyl (C=O) groups excluding carboxylic acids is 2. The van der Waals surface area contributed by atoms with Gasteiger partial charge in [-0.15, -0.1) is 0 Å². The van der Waals surface area contributed by atoms with Gasteiger partial charge in [0.05, 0.1) is 6.54 Å². The second-order valence-electron chi connectivity index (χ2n) is 4.21. The van der Waals surface area contributed by atoms with Crippen molar-refractivity contribution in [1.29, 1.82) is 0 Å². The third-order valence-electron chi connectivity index (χ3n) is 2.85. The maximum absolute atomic E-state index is 13.7. The van der Waals surface area contributed by atoms with Gasteiger partial charge in [-0.05, 0) is 25.1 Å². The first-order valence-electron chi connectivity index (χ1n) is 5.54. The van der Waals surface area contributed by atoms with E-state index in [1.807, 2.05) is 5.32 Å². The van der Waals surface area contributed by atoms with E-state index in [9.17, 15) is 22.4 Å². The highest BCUT2D eigenvalue weighted by atomic mass is 35.5. The molecular formula is C11H10ClFN2O4S. The molecule has 1 aromatic carbocycles. The number of hydrogen-bond acceptors (Lipinski definition) is 4. The summed E-state index contributed by atoms with van der Waals surface area (Å²) in [5.41, 5.74) is 0. The van der Waals surface area contributed by atoms with Crippen molar-refractivity contribution in [2.45, 2.75) is 17.9 Å². The van der Waals surface area contributed by atoms with Gasteiger partial charge in [-0.2, -0.15) is 4.31 Å². The first kappa shape index (κ1) is 14.9. The number of rotatable bonds is 2. The van der Waals surface area contributed by atoms with E-state index in [1.54, 1.807) is 0 Å². The summed E-state index contributed by atoms with van der Waals surface area (Å²) in [6, 6.07) is 1.96. The SMILES string of the molecule is CC1C(=O)NC(=O)CN1S(=O)(=O)c1ccc(Cl)cc1F. The van der Waals surface area contributed by atoms with Crippen LogP contribution in [0.15, 0.2) is 23.1 Å². The minimum absolute atomic E-state index is 0.0435. The number of sulfonamides is 1. The van der Waals surface area contributed by atoms with E-state index in [1.165, 1.54) is 13.0 Å². The summed E-state index contributed by atoms with van der Waals surface area (Å²) >= 11 is 5.56. The van der Waals surface area contributed by atoms with Crippen LogP contribution < -0.4 is 5.32 Å². The molecule has 1 unspecified atom stereocenters. The Hall–Kier alpha value is -1.51. The predicted octanol–water partition coefficient (Wildman–Crippen LogP) is 0.515. The van der Waals surface area contributed by atoms with Gasteiger partial charge in [-0.3, -0.25) is 14.9 Å². The van der Waals surface area contributed by atoms with Crippen molar-refractivity contribution in [3.8, 4) is 0 Å². The zero-order valence-corrected chi connectivity index (χ0v) is 11.8. The van der Waals surface area contributed by atoms with Crippen molar-refractivity contribution in [2.24, 2.45) is 0 Å². The van der Waals surface area contributed by atoms with Gasteiger partial charge in [0, 0.05) is 5.02 Å². The van der Waals surface area contributed by atoms with E-state index >= 15 is 0 Å². The van der Waals surface area contributed by atoms with Gasteiger partial charge in [0.25, 0.3) is 0 Å². The first-order valence-corrected chi connectivity index (χ1v) is 7.36. The summed E-state index contributed by atoms with van der Waals surface area (Å²) < 4.78 is 39.1. The molecule has 1 aliphatic heterocycles.